The Hall–Kier alpha value is -3.47. The lowest BCUT2D eigenvalue weighted by molar-refractivity contribution is -0.384. The minimum atomic E-state index is -1.09. The smallest absolute Gasteiger partial charge is 0.455 e. The third kappa shape index (κ3) is 6.14. The molecule has 0 aromatic heterocycles. The van der Waals surface area contributed by atoms with Gasteiger partial charge in [0.15, 0.2) is 0 Å². The fourth-order valence-corrected chi connectivity index (χ4v) is 7.24. The van der Waals surface area contributed by atoms with Crippen molar-refractivity contribution >= 4 is 48.0 Å². The molecule has 3 aliphatic rings. The monoisotopic (exact) mass is 606 g/mol. The number of hydrogen-bond acceptors (Lipinski definition) is 7. The third-order valence-corrected chi connectivity index (χ3v) is 9.21. The van der Waals surface area contributed by atoms with Gasteiger partial charge in [-0.1, -0.05) is 62.1 Å². The number of halogens is 1. The molecule has 5 rings (SSSR count). The number of non-ortho nitro benzene ring substituents is 1. The summed E-state index contributed by atoms with van der Waals surface area (Å²) in [4.78, 5) is 39.6. The zero-order valence-electron chi connectivity index (χ0n) is 24.5. The third-order valence-electron chi connectivity index (χ3n) is 8.88. The highest BCUT2D eigenvalue weighted by Crippen LogP contribution is 2.52. The van der Waals surface area contributed by atoms with Gasteiger partial charge < -0.3 is 14.8 Å². The second-order valence-corrected chi connectivity index (χ2v) is 12.4. The molecule has 2 N–H and O–H groups in total. The first-order valence-electron chi connectivity index (χ1n) is 14.9. The zero-order chi connectivity index (χ0) is 31.0. The molecule has 4 atom stereocenters. The number of amides is 2. The van der Waals surface area contributed by atoms with Crippen molar-refractivity contribution in [2.45, 2.75) is 65.3 Å². The summed E-state index contributed by atoms with van der Waals surface area (Å²) in [5.74, 6) is -2.21. The van der Waals surface area contributed by atoms with Gasteiger partial charge in [0.1, 0.15) is 5.75 Å². The van der Waals surface area contributed by atoms with E-state index in [1.165, 1.54) is 24.3 Å². The second-order valence-electron chi connectivity index (χ2n) is 12.0. The van der Waals surface area contributed by atoms with Crippen LogP contribution < -0.4 is 4.90 Å². The van der Waals surface area contributed by atoms with Crippen molar-refractivity contribution in [2.24, 2.45) is 23.7 Å². The van der Waals surface area contributed by atoms with Crippen LogP contribution in [0.15, 0.2) is 59.2 Å². The van der Waals surface area contributed by atoms with Gasteiger partial charge in [-0.3, -0.25) is 19.7 Å². The van der Waals surface area contributed by atoms with Gasteiger partial charge in [0, 0.05) is 12.1 Å². The highest BCUT2D eigenvalue weighted by Gasteiger charge is 2.58. The average Bonchev–Trinajstić information content (AvgIpc) is 3.21. The summed E-state index contributed by atoms with van der Waals surface area (Å²) in [5.41, 5.74) is 4.04. The van der Waals surface area contributed by atoms with E-state index in [1.807, 2.05) is 6.08 Å². The van der Waals surface area contributed by atoms with Crippen molar-refractivity contribution in [3.8, 4) is 5.75 Å². The second kappa shape index (κ2) is 12.6. The molecule has 11 heteroatoms. The number of benzene rings is 2. The van der Waals surface area contributed by atoms with Gasteiger partial charge >= 0.3 is 7.12 Å². The molecule has 9 nitrogen and oxygen atoms in total. The summed E-state index contributed by atoms with van der Waals surface area (Å²) in [6, 6.07) is 10.5. The maximum absolute atomic E-state index is 13.9. The zero-order valence-corrected chi connectivity index (χ0v) is 25.3. The maximum Gasteiger partial charge on any atom is 0.455 e. The van der Waals surface area contributed by atoms with E-state index in [2.05, 4.69) is 20.8 Å². The molecule has 0 unspecified atom stereocenters. The first-order valence-corrected chi connectivity index (χ1v) is 15.2. The number of phenols is 1. The number of carbonyl (C=O) groups is 2. The van der Waals surface area contributed by atoms with E-state index in [-0.39, 0.29) is 47.1 Å². The van der Waals surface area contributed by atoms with E-state index in [0.717, 1.165) is 40.0 Å². The number of phenolic OH excluding ortho intramolecular Hbond substituents is 1. The first-order chi connectivity index (χ1) is 20.5. The van der Waals surface area contributed by atoms with Gasteiger partial charge in [-0.2, -0.15) is 0 Å². The van der Waals surface area contributed by atoms with Crippen molar-refractivity contribution in [3.05, 3.63) is 79.9 Å². The first kappa shape index (κ1) is 31.0. The maximum atomic E-state index is 13.9. The van der Waals surface area contributed by atoms with Crippen molar-refractivity contribution in [1.82, 2.24) is 0 Å². The summed E-state index contributed by atoms with van der Waals surface area (Å²) < 4.78 is 6.15. The Morgan fingerprint density at radius 2 is 1.95 bits per heavy atom. The van der Waals surface area contributed by atoms with Crippen molar-refractivity contribution in [3.63, 3.8) is 0 Å². The molecule has 2 heterocycles. The Balaban J connectivity index is 1.46. The highest BCUT2D eigenvalue weighted by molar-refractivity contribution is 6.43. The molecule has 2 aromatic carbocycles. The number of nitro groups is 1. The van der Waals surface area contributed by atoms with Crippen LogP contribution in [-0.2, 0) is 14.2 Å². The van der Waals surface area contributed by atoms with Crippen LogP contribution in [0, 0.1) is 33.8 Å². The molecular weight excluding hydrogens is 571 g/mol. The predicted octanol–water partition coefficient (Wildman–Crippen LogP) is 6.58. The summed E-state index contributed by atoms with van der Waals surface area (Å²) in [6.07, 6.45) is 5.21. The molecule has 0 saturated carbocycles. The van der Waals surface area contributed by atoms with Crippen LogP contribution in [0.4, 0.5) is 11.4 Å². The molecule has 0 bridgehead atoms. The predicted molar refractivity (Wildman–Crippen MR) is 165 cm³/mol. The Labute approximate surface area is 256 Å². The highest BCUT2D eigenvalue weighted by atomic mass is 35.5. The fourth-order valence-electron chi connectivity index (χ4n) is 7.01. The van der Waals surface area contributed by atoms with E-state index < -0.39 is 30.0 Å². The Morgan fingerprint density at radius 3 is 2.63 bits per heavy atom. The summed E-state index contributed by atoms with van der Waals surface area (Å²) in [6.45, 7) is 6.23. The number of aromatic hydroxyl groups is 1. The van der Waals surface area contributed by atoms with Gasteiger partial charge in [-0.25, -0.2) is 4.90 Å². The number of carbonyl (C=O) groups excluding carboxylic acids is 2. The topological polar surface area (TPSA) is 130 Å². The van der Waals surface area contributed by atoms with Crippen molar-refractivity contribution in [2.75, 3.05) is 4.90 Å². The molecule has 2 fully saturated rings. The molecule has 2 aromatic rings. The Bertz CT molecular complexity index is 1510. The number of anilines is 1. The summed E-state index contributed by atoms with van der Waals surface area (Å²) in [5, 5.41) is 32.5. The number of fused-ring (bicyclic) bond motifs is 3. The molecule has 226 valence electrons. The molecule has 43 heavy (non-hydrogen) atoms. The molecule has 0 spiro atoms. The van der Waals surface area contributed by atoms with Gasteiger partial charge in [0.05, 0.1) is 33.6 Å². The minimum Gasteiger partial charge on any atom is -0.508 e. The van der Waals surface area contributed by atoms with Crippen molar-refractivity contribution in [1.29, 1.82) is 0 Å². The van der Waals surface area contributed by atoms with E-state index in [1.54, 1.807) is 18.2 Å². The van der Waals surface area contributed by atoms with E-state index in [4.69, 9.17) is 16.3 Å². The SMILES string of the molecule is CCC/C(=C\c1ccc(O)cc1Cl)CC[C@H]1OB(O)C[C@H]2C1=C(C(C)C)C[C@H]1C(=O)N(c3cccc([N+](=O)[O-])c3)C(=O)[C@H]12. The number of nitrogens with zero attached hydrogens (tertiary/aromatic N) is 2. The Kier molecular flexibility index (Phi) is 9.11. The number of nitro benzene ring substituents is 1. The fraction of sp³-hybridized carbons (Fsp3) is 0.438. The van der Waals surface area contributed by atoms with Gasteiger partial charge in [-0.05, 0) is 79.2 Å². The van der Waals surface area contributed by atoms with E-state index in [9.17, 15) is 29.8 Å². The lowest BCUT2D eigenvalue weighted by atomic mass is 9.57. The molecule has 2 saturated heterocycles. The number of imide groups is 1. The lowest BCUT2D eigenvalue weighted by Crippen LogP contribution is -2.46. The molecule has 1 aliphatic carbocycles. The number of rotatable bonds is 9. The van der Waals surface area contributed by atoms with Crippen LogP contribution in [0.2, 0.25) is 11.3 Å². The average molecular weight is 607 g/mol. The van der Waals surface area contributed by atoms with E-state index in [0.29, 0.717) is 24.3 Å². The number of allylic oxidation sites excluding steroid dienone is 2. The normalized spacial score (nSPS) is 24.1. The van der Waals surface area contributed by atoms with Crippen molar-refractivity contribution < 1.29 is 29.3 Å². The molecule has 2 aliphatic heterocycles. The van der Waals surface area contributed by atoms with Crippen LogP contribution in [0.3, 0.4) is 0 Å². The van der Waals surface area contributed by atoms with Gasteiger partial charge in [-0.15, -0.1) is 0 Å². The van der Waals surface area contributed by atoms with Crippen LogP contribution in [0.5, 0.6) is 5.75 Å². The molecule has 2 amide bonds. The molecule has 0 radical (unpaired) electrons. The quantitative estimate of drug-likeness (QED) is 0.108. The van der Waals surface area contributed by atoms with Crippen LogP contribution in [0.1, 0.15) is 58.4 Å². The van der Waals surface area contributed by atoms with Crippen LogP contribution in [-0.4, -0.2) is 40.1 Å². The summed E-state index contributed by atoms with van der Waals surface area (Å²) >= 11 is 6.38. The van der Waals surface area contributed by atoms with E-state index >= 15 is 0 Å². The van der Waals surface area contributed by atoms with Crippen LogP contribution >= 0.6 is 11.6 Å². The standard InChI is InChI=1S/C32H36BClN2O7/c1-4-6-19(13-20-10-11-23(37)15-27(20)34)9-12-28-29-24(18(2)3)16-25-30(26(29)17-33(40)43-28)32(39)35(31(25)38)21-7-5-8-22(14-21)36(41)42/h5,7-8,10-11,13-15,18,25-26,28,30,37,40H,4,6,9,12,16-17H2,1-3H3/b19-13+/t25-,26+,28-,30-/m1/s1. The summed E-state index contributed by atoms with van der Waals surface area (Å²) in [7, 11) is -1.09. The van der Waals surface area contributed by atoms with Crippen LogP contribution in [0.25, 0.3) is 6.08 Å². The van der Waals surface area contributed by atoms with Gasteiger partial charge in [0.25, 0.3) is 5.69 Å². The minimum absolute atomic E-state index is 0.0935. The van der Waals surface area contributed by atoms with Gasteiger partial charge in [0.2, 0.25) is 11.8 Å². The number of hydrogen-bond donors (Lipinski definition) is 2. The molecular formula is C32H36BClN2O7. The largest absolute Gasteiger partial charge is 0.508 e. The lowest BCUT2D eigenvalue weighted by Gasteiger charge is -2.44. The Morgan fingerprint density at radius 1 is 1.19 bits per heavy atom.